The molecule has 0 aliphatic rings. The molecule has 1 N–H and O–H groups in total. The molecule has 6 nitrogen and oxygen atoms in total. The van der Waals surface area contributed by atoms with Crippen molar-refractivity contribution in [1.29, 1.82) is 0 Å². The van der Waals surface area contributed by atoms with Crippen LogP contribution in [-0.2, 0) is 20.2 Å². The van der Waals surface area contributed by atoms with Crippen LogP contribution in [-0.4, -0.2) is 18.2 Å². The smallest absolute Gasteiger partial charge is 0.385 e. The Hall–Kier alpha value is -1.62. The third-order valence-electron chi connectivity index (χ3n) is 3.27. The molecular weight excluding hydrogens is 327 g/mol. The summed E-state index contributed by atoms with van der Waals surface area (Å²) in [5.41, 5.74) is 1.29. The van der Waals surface area contributed by atoms with E-state index in [1.165, 1.54) is 0 Å². The Kier molecular flexibility index (Phi) is 6.60. The van der Waals surface area contributed by atoms with Gasteiger partial charge >= 0.3 is 7.60 Å². The Labute approximate surface area is 143 Å². The fraction of sp³-hybridized carbons (Fsp3) is 0.471. The predicted molar refractivity (Wildman–Crippen MR) is 94.9 cm³/mol. The summed E-state index contributed by atoms with van der Waals surface area (Å²) in [5.74, 6) is 0.903. The highest BCUT2D eigenvalue weighted by Crippen LogP contribution is 2.48. The Morgan fingerprint density at radius 2 is 1.79 bits per heavy atom. The number of nitrogens with zero attached hydrogens (tertiary/aromatic N) is 1. The molecule has 0 unspecified atom stereocenters. The minimum Gasteiger partial charge on any atom is -0.424 e. The van der Waals surface area contributed by atoms with E-state index < -0.39 is 7.60 Å². The number of hydrogen-bond acceptors (Lipinski definition) is 6. The first-order chi connectivity index (χ1) is 11.5. The molecule has 0 aliphatic carbocycles. The number of anilines is 1. The Balaban J connectivity index is 2.33. The molecule has 1 aromatic heterocycles. The van der Waals surface area contributed by atoms with Crippen LogP contribution in [0.2, 0.25) is 0 Å². The summed E-state index contributed by atoms with van der Waals surface area (Å²) in [5, 5.41) is 3.17. The molecule has 7 heteroatoms. The summed E-state index contributed by atoms with van der Waals surface area (Å²) >= 11 is 0. The van der Waals surface area contributed by atoms with Crippen LogP contribution in [0.1, 0.15) is 45.1 Å². The van der Waals surface area contributed by atoms with Gasteiger partial charge in [0.25, 0.3) is 0 Å². The van der Waals surface area contributed by atoms with Gasteiger partial charge in [-0.15, -0.1) is 0 Å². The van der Waals surface area contributed by atoms with Crippen molar-refractivity contribution >= 4 is 18.9 Å². The highest BCUT2D eigenvalue weighted by atomic mass is 31.2. The van der Waals surface area contributed by atoms with E-state index in [0.29, 0.717) is 18.3 Å². The van der Waals surface area contributed by atoms with Crippen molar-refractivity contribution in [3.8, 4) is 0 Å². The van der Waals surface area contributed by atoms with Crippen molar-refractivity contribution in [2.24, 2.45) is 0 Å². The normalized spacial score (nSPS) is 11.9. The second kappa shape index (κ2) is 8.47. The van der Waals surface area contributed by atoms with Crippen LogP contribution in [0, 0.1) is 0 Å². The zero-order valence-electron chi connectivity index (χ0n) is 14.6. The highest BCUT2D eigenvalue weighted by Gasteiger charge is 2.35. The summed E-state index contributed by atoms with van der Waals surface area (Å²) in [6, 6.07) is 9.87. The van der Waals surface area contributed by atoms with E-state index in [0.717, 1.165) is 5.56 Å². The van der Waals surface area contributed by atoms with Gasteiger partial charge < -0.3 is 18.8 Å². The first kappa shape index (κ1) is 18.7. The molecule has 0 aliphatic heterocycles. The Bertz CT molecular complexity index is 675. The lowest BCUT2D eigenvalue weighted by Crippen LogP contribution is -2.16. The van der Waals surface area contributed by atoms with E-state index in [2.05, 4.69) is 10.3 Å². The molecule has 0 atom stereocenters. The zero-order chi connectivity index (χ0) is 17.6. The largest absolute Gasteiger partial charge is 0.424 e. The maximum atomic E-state index is 13.1. The molecule has 0 saturated heterocycles. The molecule has 0 saturated carbocycles. The molecule has 0 amide bonds. The third-order valence-corrected chi connectivity index (χ3v) is 5.29. The van der Waals surface area contributed by atoms with E-state index in [-0.39, 0.29) is 24.6 Å². The van der Waals surface area contributed by atoms with Crippen molar-refractivity contribution in [1.82, 2.24) is 4.98 Å². The molecule has 0 radical (unpaired) electrons. The zero-order valence-corrected chi connectivity index (χ0v) is 15.5. The summed E-state index contributed by atoms with van der Waals surface area (Å²) in [7, 11) is -3.52. The van der Waals surface area contributed by atoms with Crippen molar-refractivity contribution < 1.29 is 18.0 Å². The van der Waals surface area contributed by atoms with E-state index in [1.807, 2.05) is 44.2 Å². The Morgan fingerprint density at radius 3 is 2.33 bits per heavy atom. The lowest BCUT2D eigenvalue weighted by atomic mass is 10.2. The standard InChI is InChI=1S/C17H25N2O4P/c1-5-21-24(20,22-6-2)17-16(23-15(19-17)13(3)4)18-12-14-10-8-7-9-11-14/h7-11,13,18H,5-6,12H2,1-4H3. The summed E-state index contributed by atoms with van der Waals surface area (Å²) < 4.78 is 29.7. The van der Waals surface area contributed by atoms with Crippen molar-refractivity contribution in [3.63, 3.8) is 0 Å². The van der Waals surface area contributed by atoms with Crippen LogP contribution < -0.4 is 10.8 Å². The second-order valence-corrected chi connectivity index (χ2v) is 7.47. The van der Waals surface area contributed by atoms with Gasteiger partial charge in [-0.25, -0.2) is 4.98 Å². The molecule has 0 fully saturated rings. The first-order valence-corrected chi connectivity index (χ1v) is 9.72. The number of hydrogen-bond donors (Lipinski definition) is 1. The van der Waals surface area contributed by atoms with Gasteiger partial charge in [-0.05, 0) is 19.4 Å². The topological polar surface area (TPSA) is 73.6 Å². The molecule has 2 rings (SSSR count). The minimum absolute atomic E-state index is 0.0627. The fourth-order valence-corrected chi connectivity index (χ4v) is 3.75. The summed E-state index contributed by atoms with van der Waals surface area (Å²) in [4.78, 5) is 4.39. The number of nitrogens with one attached hydrogen (secondary N) is 1. The average Bonchev–Trinajstić information content (AvgIpc) is 3.00. The van der Waals surface area contributed by atoms with Gasteiger partial charge in [-0.1, -0.05) is 44.2 Å². The van der Waals surface area contributed by atoms with Crippen LogP contribution in [0.25, 0.3) is 0 Å². The van der Waals surface area contributed by atoms with Crippen LogP contribution in [0.3, 0.4) is 0 Å². The quantitative estimate of drug-likeness (QED) is 0.678. The minimum atomic E-state index is -3.52. The van der Waals surface area contributed by atoms with Crippen molar-refractivity contribution in [2.75, 3.05) is 18.5 Å². The maximum absolute atomic E-state index is 13.1. The van der Waals surface area contributed by atoms with Crippen molar-refractivity contribution in [2.45, 2.75) is 40.2 Å². The molecule has 1 heterocycles. The fourth-order valence-electron chi connectivity index (χ4n) is 2.15. The monoisotopic (exact) mass is 352 g/mol. The SMILES string of the molecule is CCOP(=O)(OCC)c1nc(C(C)C)oc1NCc1ccccc1. The summed E-state index contributed by atoms with van der Waals surface area (Å²) in [6.07, 6.45) is 0. The van der Waals surface area contributed by atoms with E-state index >= 15 is 0 Å². The van der Waals surface area contributed by atoms with Crippen LogP contribution in [0.15, 0.2) is 34.7 Å². The number of rotatable bonds is 9. The lowest BCUT2D eigenvalue weighted by Gasteiger charge is -2.15. The van der Waals surface area contributed by atoms with E-state index in [9.17, 15) is 4.57 Å². The van der Waals surface area contributed by atoms with Crippen LogP contribution in [0.5, 0.6) is 0 Å². The van der Waals surface area contributed by atoms with Gasteiger partial charge in [0.2, 0.25) is 11.3 Å². The maximum Gasteiger partial charge on any atom is 0.385 e. The average molecular weight is 352 g/mol. The molecule has 1 aromatic carbocycles. The lowest BCUT2D eigenvalue weighted by molar-refractivity contribution is 0.229. The summed E-state index contributed by atoms with van der Waals surface area (Å²) in [6.45, 7) is 8.52. The number of aromatic nitrogens is 1. The van der Waals surface area contributed by atoms with Gasteiger partial charge in [-0.3, -0.25) is 4.57 Å². The van der Waals surface area contributed by atoms with Gasteiger partial charge in [0.1, 0.15) is 0 Å². The molecular formula is C17H25N2O4P. The second-order valence-electron chi connectivity index (χ2n) is 5.53. The number of benzene rings is 1. The van der Waals surface area contributed by atoms with Crippen molar-refractivity contribution in [3.05, 3.63) is 41.8 Å². The third kappa shape index (κ3) is 4.47. The highest BCUT2D eigenvalue weighted by molar-refractivity contribution is 7.62. The van der Waals surface area contributed by atoms with Gasteiger partial charge in [0.15, 0.2) is 5.89 Å². The molecule has 2 aromatic rings. The van der Waals surface area contributed by atoms with Crippen LogP contribution >= 0.6 is 7.60 Å². The van der Waals surface area contributed by atoms with Gasteiger partial charge in [-0.2, -0.15) is 0 Å². The predicted octanol–water partition coefficient (Wildman–Crippen LogP) is 4.30. The van der Waals surface area contributed by atoms with Gasteiger partial charge in [0, 0.05) is 12.5 Å². The molecule has 24 heavy (non-hydrogen) atoms. The van der Waals surface area contributed by atoms with Crippen LogP contribution in [0.4, 0.5) is 5.88 Å². The van der Waals surface area contributed by atoms with E-state index in [4.69, 9.17) is 13.5 Å². The first-order valence-electron chi connectivity index (χ1n) is 8.18. The Morgan fingerprint density at radius 1 is 1.17 bits per heavy atom. The van der Waals surface area contributed by atoms with Gasteiger partial charge in [0.05, 0.1) is 13.2 Å². The molecule has 0 spiro atoms. The van der Waals surface area contributed by atoms with E-state index in [1.54, 1.807) is 13.8 Å². The molecule has 0 bridgehead atoms. The molecule has 132 valence electrons. The number of oxazole rings is 1.